The molecule has 1 atom stereocenters. The van der Waals surface area contributed by atoms with Gasteiger partial charge in [0, 0.05) is 11.3 Å². The van der Waals surface area contributed by atoms with Gasteiger partial charge in [-0.05, 0) is 54.2 Å². The fourth-order valence-corrected chi connectivity index (χ4v) is 3.90. The molecule has 0 bridgehead atoms. The third kappa shape index (κ3) is 3.43. The molecule has 0 aliphatic heterocycles. The molecule has 0 saturated carbocycles. The monoisotopic (exact) mass is 358 g/mol. The van der Waals surface area contributed by atoms with Gasteiger partial charge in [0.1, 0.15) is 0 Å². The van der Waals surface area contributed by atoms with Gasteiger partial charge >= 0.3 is 0 Å². The lowest BCUT2D eigenvalue weighted by molar-refractivity contribution is -0.118. The Morgan fingerprint density at radius 3 is 2.52 bits per heavy atom. The molecule has 3 aromatic rings. The number of H-pyrrole nitrogens is 1. The predicted molar refractivity (Wildman–Crippen MR) is 108 cm³/mol. The summed E-state index contributed by atoms with van der Waals surface area (Å²) in [5.74, 6) is -1.10. The molecule has 1 amide bonds. The molecular weight excluding hydrogens is 336 g/mol. The molecule has 0 saturated heterocycles. The normalized spacial score (nSPS) is 15.3. The minimum atomic E-state index is -0.639. The molecule has 2 aromatic carbocycles. The van der Waals surface area contributed by atoms with E-state index in [9.17, 15) is 9.59 Å². The number of rotatable bonds is 4. The number of nitrogens with two attached hydrogens (primary N) is 1. The molecule has 0 fully saturated rings. The number of aromatic nitrogens is 1. The first kappa shape index (κ1) is 17.3. The van der Waals surface area contributed by atoms with Crippen LogP contribution in [-0.4, -0.2) is 10.9 Å². The minimum absolute atomic E-state index is 0.254. The number of carbonyl (C=O) groups is 1. The fourth-order valence-electron chi connectivity index (χ4n) is 3.90. The first-order chi connectivity index (χ1) is 13.1. The van der Waals surface area contributed by atoms with Crippen molar-refractivity contribution in [3.8, 4) is 11.3 Å². The van der Waals surface area contributed by atoms with E-state index in [4.69, 9.17) is 5.73 Å². The van der Waals surface area contributed by atoms with E-state index >= 15 is 0 Å². The lowest BCUT2D eigenvalue weighted by Crippen LogP contribution is -2.29. The molecule has 1 unspecified atom stereocenters. The molecular formula is C23H22N2O2. The standard InChI is InChI=1S/C23H22N2O2/c24-22(26)21(16-7-2-1-3-8-16)19-12-13-20(25-23(19)27)18-11-10-15-6-4-5-9-17(15)14-18/h4-7,9-14,21H,1-3,8H2,(H2,24,26)(H,25,27). The van der Waals surface area contributed by atoms with Crippen molar-refractivity contribution in [1.29, 1.82) is 0 Å². The first-order valence-corrected chi connectivity index (χ1v) is 9.34. The molecule has 4 rings (SSSR count). The van der Waals surface area contributed by atoms with Crippen LogP contribution >= 0.6 is 0 Å². The number of allylic oxidation sites excluding steroid dienone is 1. The van der Waals surface area contributed by atoms with Crippen LogP contribution in [0.4, 0.5) is 0 Å². The van der Waals surface area contributed by atoms with Crippen LogP contribution in [0.15, 0.2) is 71.0 Å². The van der Waals surface area contributed by atoms with Gasteiger partial charge in [-0.2, -0.15) is 0 Å². The van der Waals surface area contributed by atoms with Crippen LogP contribution in [-0.2, 0) is 4.79 Å². The lowest BCUT2D eigenvalue weighted by Gasteiger charge is -2.20. The highest BCUT2D eigenvalue weighted by molar-refractivity contribution is 5.87. The lowest BCUT2D eigenvalue weighted by atomic mass is 9.84. The quantitative estimate of drug-likeness (QED) is 0.684. The Bertz CT molecular complexity index is 1090. The van der Waals surface area contributed by atoms with Gasteiger partial charge in [0.05, 0.1) is 5.92 Å². The second kappa shape index (κ2) is 7.23. The topological polar surface area (TPSA) is 76.0 Å². The van der Waals surface area contributed by atoms with E-state index in [2.05, 4.69) is 23.2 Å². The van der Waals surface area contributed by atoms with Crippen LogP contribution in [0.2, 0.25) is 0 Å². The smallest absolute Gasteiger partial charge is 0.252 e. The fraction of sp³-hybridized carbons (Fsp3) is 0.217. The summed E-state index contributed by atoms with van der Waals surface area (Å²) in [5.41, 5.74) is 8.46. The van der Waals surface area contributed by atoms with Crippen molar-refractivity contribution in [2.24, 2.45) is 5.73 Å². The van der Waals surface area contributed by atoms with Gasteiger partial charge in [0.2, 0.25) is 5.91 Å². The van der Waals surface area contributed by atoms with Crippen molar-refractivity contribution in [2.45, 2.75) is 31.6 Å². The summed E-state index contributed by atoms with van der Waals surface area (Å²) in [7, 11) is 0. The summed E-state index contributed by atoms with van der Waals surface area (Å²) in [6, 6.07) is 17.8. The zero-order valence-corrected chi connectivity index (χ0v) is 15.1. The molecule has 1 aliphatic carbocycles. The average molecular weight is 358 g/mol. The molecule has 1 aromatic heterocycles. The number of nitrogens with one attached hydrogen (secondary N) is 1. The van der Waals surface area contributed by atoms with Gasteiger partial charge in [-0.3, -0.25) is 9.59 Å². The highest BCUT2D eigenvalue weighted by atomic mass is 16.1. The molecule has 27 heavy (non-hydrogen) atoms. The van der Waals surface area contributed by atoms with E-state index in [0.717, 1.165) is 53.3 Å². The number of hydrogen-bond acceptors (Lipinski definition) is 2. The average Bonchev–Trinajstić information content (AvgIpc) is 2.69. The maximum atomic E-state index is 12.8. The van der Waals surface area contributed by atoms with Crippen LogP contribution in [0, 0.1) is 0 Å². The van der Waals surface area contributed by atoms with Gasteiger partial charge < -0.3 is 10.7 Å². The SMILES string of the molecule is NC(=O)C(C1=CCCCC1)c1ccc(-c2ccc3ccccc3c2)[nH]c1=O. The van der Waals surface area contributed by atoms with Crippen LogP contribution in [0.25, 0.3) is 22.0 Å². The molecule has 1 aliphatic rings. The highest BCUT2D eigenvalue weighted by Gasteiger charge is 2.26. The van der Waals surface area contributed by atoms with E-state index in [1.54, 1.807) is 6.07 Å². The number of hydrogen-bond donors (Lipinski definition) is 2. The third-order valence-electron chi connectivity index (χ3n) is 5.29. The number of benzene rings is 2. The zero-order chi connectivity index (χ0) is 18.8. The predicted octanol–water partition coefficient (Wildman–Crippen LogP) is 4.26. The third-order valence-corrected chi connectivity index (χ3v) is 5.29. The van der Waals surface area contributed by atoms with Crippen molar-refractivity contribution < 1.29 is 4.79 Å². The van der Waals surface area contributed by atoms with Gasteiger partial charge in [0.15, 0.2) is 0 Å². The maximum Gasteiger partial charge on any atom is 0.252 e. The molecule has 0 spiro atoms. The van der Waals surface area contributed by atoms with E-state index in [-0.39, 0.29) is 5.56 Å². The molecule has 4 heteroatoms. The Morgan fingerprint density at radius 1 is 1.00 bits per heavy atom. The number of primary amides is 1. The van der Waals surface area contributed by atoms with Crippen molar-refractivity contribution >= 4 is 16.7 Å². The molecule has 1 heterocycles. The van der Waals surface area contributed by atoms with Crippen LogP contribution in [0.3, 0.4) is 0 Å². The van der Waals surface area contributed by atoms with Gasteiger partial charge in [-0.1, -0.05) is 54.1 Å². The van der Waals surface area contributed by atoms with Crippen molar-refractivity contribution in [1.82, 2.24) is 4.98 Å². The second-order valence-electron chi connectivity index (χ2n) is 7.08. The molecule has 136 valence electrons. The number of carbonyl (C=O) groups excluding carboxylic acids is 1. The minimum Gasteiger partial charge on any atom is -0.369 e. The summed E-state index contributed by atoms with van der Waals surface area (Å²) in [6.07, 6.45) is 5.97. The van der Waals surface area contributed by atoms with E-state index in [0.29, 0.717) is 5.56 Å². The molecule has 4 nitrogen and oxygen atoms in total. The van der Waals surface area contributed by atoms with Crippen LogP contribution in [0.5, 0.6) is 0 Å². The van der Waals surface area contributed by atoms with Gasteiger partial charge in [-0.25, -0.2) is 0 Å². The molecule has 3 N–H and O–H groups in total. The van der Waals surface area contributed by atoms with Crippen LogP contribution < -0.4 is 11.3 Å². The van der Waals surface area contributed by atoms with E-state index in [1.165, 1.54) is 0 Å². The van der Waals surface area contributed by atoms with Crippen molar-refractivity contribution in [2.75, 3.05) is 0 Å². The van der Waals surface area contributed by atoms with E-state index in [1.807, 2.05) is 36.4 Å². The summed E-state index contributed by atoms with van der Waals surface area (Å²) < 4.78 is 0. The Kier molecular flexibility index (Phi) is 4.63. The Labute approximate surface area is 157 Å². The Morgan fingerprint density at radius 2 is 1.81 bits per heavy atom. The summed E-state index contributed by atoms with van der Waals surface area (Å²) >= 11 is 0. The van der Waals surface area contributed by atoms with Gasteiger partial charge in [-0.15, -0.1) is 0 Å². The maximum absolute atomic E-state index is 12.8. The van der Waals surface area contributed by atoms with Crippen molar-refractivity contribution in [3.05, 3.63) is 82.2 Å². The summed E-state index contributed by atoms with van der Waals surface area (Å²) in [5, 5.41) is 2.26. The van der Waals surface area contributed by atoms with Gasteiger partial charge in [0.25, 0.3) is 5.56 Å². The molecule has 0 radical (unpaired) electrons. The first-order valence-electron chi connectivity index (χ1n) is 9.34. The zero-order valence-electron chi connectivity index (χ0n) is 15.1. The summed E-state index contributed by atoms with van der Waals surface area (Å²) in [4.78, 5) is 27.8. The van der Waals surface area contributed by atoms with Crippen molar-refractivity contribution in [3.63, 3.8) is 0 Å². The highest BCUT2D eigenvalue weighted by Crippen LogP contribution is 2.31. The number of amides is 1. The number of fused-ring (bicyclic) bond motifs is 1. The number of pyridine rings is 1. The Hall–Kier alpha value is -3.14. The Balaban J connectivity index is 1.73. The van der Waals surface area contributed by atoms with E-state index < -0.39 is 11.8 Å². The van der Waals surface area contributed by atoms with Crippen LogP contribution in [0.1, 0.15) is 37.2 Å². The summed E-state index contributed by atoms with van der Waals surface area (Å²) in [6.45, 7) is 0. The number of aromatic amines is 1. The second-order valence-corrected chi connectivity index (χ2v) is 7.08. The largest absolute Gasteiger partial charge is 0.369 e.